The molecule has 0 aliphatic rings. The van der Waals surface area contributed by atoms with Crippen molar-refractivity contribution >= 4 is 35.8 Å². The first-order chi connectivity index (χ1) is 11.9. The maximum Gasteiger partial charge on any atom is 0.345 e. The number of carbonyl (C=O) groups excluding carboxylic acids is 2. The first kappa shape index (κ1) is 22.7. The maximum atomic E-state index is 11.5. The van der Waals surface area contributed by atoms with E-state index in [9.17, 15) is 39.0 Å². The average Bonchev–Trinajstić information content (AvgIpc) is 2.50. The van der Waals surface area contributed by atoms with E-state index in [2.05, 4.69) is 9.47 Å². The molecule has 0 spiro atoms. The largest absolute Gasteiger partial charge is 0.481 e. The molecular formula is C12H14O14. The zero-order valence-corrected chi connectivity index (χ0v) is 12.7. The van der Waals surface area contributed by atoms with Crippen LogP contribution < -0.4 is 0 Å². The first-order valence-electron chi connectivity index (χ1n) is 6.53. The van der Waals surface area contributed by atoms with Crippen LogP contribution in [0.4, 0.5) is 0 Å². The van der Waals surface area contributed by atoms with Gasteiger partial charge >= 0.3 is 35.8 Å². The number of hydrogen-bond donors (Lipinski definition) is 6. The molecule has 26 heavy (non-hydrogen) atoms. The molecular weight excluding hydrogens is 368 g/mol. The summed E-state index contributed by atoms with van der Waals surface area (Å²) in [6, 6.07) is 0. The second kappa shape index (κ2) is 9.90. The van der Waals surface area contributed by atoms with Crippen LogP contribution in [-0.2, 0) is 38.2 Å². The fourth-order valence-corrected chi connectivity index (χ4v) is 1.35. The lowest BCUT2D eigenvalue weighted by molar-refractivity contribution is -0.186. The molecule has 14 heteroatoms. The van der Waals surface area contributed by atoms with Crippen LogP contribution in [0.3, 0.4) is 0 Å². The molecule has 0 aromatic rings. The maximum absolute atomic E-state index is 11.5. The number of rotatable bonds is 11. The number of aliphatic hydroxyl groups excluding tert-OH is 2. The van der Waals surface area contributed by atoms with Crippen molar-refractivity contribution in [2.75, 3.05) is 0 Å². The summed E-state index contributed by atoms with van der Waals surface area (Å²) in [5, 5.41) is 53.1. The van der Waals surface area contributed by atoms with Gasteiger partial charge in [-0.1, -0.05) is 0 Å². The van der Waals surface area contributed by atoms with Crippen molar-refractivity contribution in [1.82, 2.24) is 0 Å². The summed E-state index contributed by atoms with van der Waals surface area (Å²) < 4.78 is 8.25. The van der Waals surface area contributed by atoms with Crippen LogP contribution in [0.25, 0.3) is 0 Å². The molecule has 0 aromatic heterocycles. The smallest absolute Gasteiger partial charge is 0.345 e. The molecule has 0 aromatic carbocycles. The van der Waals surface area contributed by atoms with Gasteiger partial charge in [-0.25, -0.2) is 19.2 Å². The standard InChI is InChI=1S/C12H14O14/c13-5(14)1-3(9(19)20)25-11(23)7(17)8(18)12(24)26-4(10(21)22)2-6(15)16/h3-4,7-8,17-18H,1-2H2,(H,13,14)(H,15,16)(H,19,20)(H,21,22). The van der Waals surface area contributed by atoms with Gasteiger partial charge in [0, 0.05) is 0 Å². The third-order valence-corrected chi connectivity index (χ3v) is 2.57. The molecule has 0 saturated heterocycles. The Balaban J connectivity index is 4.97. The molecule has 4 atom stereocenters. The molecule has 0 saturated carbocycles. The minimum atomic E-state index is -2.75. The summed E-state index contributed by atoms with van der Waals surface area (Å²) in [5.41, 5.74) is 0. The van der Waals surface area contributed by atoms with Gasteiger partial charge in [-0.2, -0.15) is 0 Å². The lowest BCUT2D eigenvalue weighted by atomic mass is 10.2. The number of hydrogen-bond acceptors (Lipinski definition) is 10. The van der Waals surface area contributed by atoms with E-state index in [4.69, 9.17) is 20.4 Å². The normalized spacial score (nSPS) is 15.0. The van der Waals surface area contributed by atoms with Crippen LogP contribution in [0.1, 0.15) is 12.8 Å². The number of esters is 2. The van der Waals surface area contributed by atoms with Gasteiger partial charge in [-0.05, 0) is 0 Å². The summed E-state index contributed by atoms with van der Waals surface area (Å²) in [6.45, 7) is 0. The lowest BCUT2D eigenvalue weighted by Crippen LogP contribution is -2.45. The van der Waals surface area contributed by atoms with Gasteiger partial charge in [0.1, 0.15) is 0 Å². The van der Waals surface area contributed by atoms with E-state index < -0.39 is 73.1 Å². The van der Waals surface area contributed by atoms with Gasteiger partial charge in [-0.15, -0.1) is 0 Å². The van der Waals surface area contributed by atoms with E-state index in [1.165, 1.54) is 0 Å². The SMILES string of the molecule is O=C(O)CC(OC(=O)C(O)C(O)C(=O)OC(CC(=O)O)C(=O)O)C(=O)O. The summed E-state index contributed by atoms with van der Waals surface area (Å²) in [4.78, 5) is 65.3. The van der Waals surface area contributed by atoms with Crippen LogP contribution in [0.5, 0.6) is 0 Å². The Morgan fingerprint density at radius 2 is 0.885 bits per heavy atom. The quantitative estimate of drug-likeness (QED) is 0.191. The molecule has 0 bridgehead atoms. The summed E-state index contributed by atoms with van der Waals surface area (Å²) in [6.07, 6.45) is -12.4. The predicted octanol–water partition coefficient (Wildman–Crippen LogP) is -3.35. The number of carboxylic acids is 4. The van der Waals surface area contributed by atoms with E-state index in [1.807, 2.05) is 0 Å². The Hall–Kier alpha value is -3.26. The fourth-order valence-electron chi connectivity index (χ4n) is 1.35. The van der Waals surface area contributed by atoms with Crippen molar-refractivity contribution in [1.29, 1.82) is 0 Å². The summed E-state index contributed by atoms with van der Waals surface area (Å²) >= 11 is 0. The highest BCUT2D eigenvalue weighted by Gasteiger charge is 2.38. The van der Waals surface area contributed by atoms with E-state index in [-0.39, 0.29) is 0 Å². The Morgan fingerprint density at radius 3 is 1.08 bits per heavy atom. The minimum Gasteiger partial charge on any atom is -0.481 e. The highest BCUT2D eigenvalue weighted by atomic mass is 16.6. The zero-order valence-electron chi connectivity index (χ0n) is 12.7. The molecule has 0 heterocycles. The van der Waals surface area contributed by atoms with Crippen LogP contribution in [0.2, 0.25) is 0 Å². The van der Waals surface area contributed by atoms with Gasteiger partial charge in [-0.3, -0.25) is 9.59 Å². The summed E-state index contributed by atoms with van der Waals surface area (Å²) in [7, 11) is 0. The van der Waals surface area contributed by atoms with E-state index in [0.717, 1.165) is 0 Å². The van der Waals surface area contributed by atoms with Crippen molar-refractivity contribution in [2.24, 2.45) is 0 Å². The number of carbonyl (C=O) groups is 6. The highest BCUT2D eigenvalue weighted by molar-refractivity contribution is 5.89. The number of aliphatic carboxylic acids is 4. The van der Waals surface area contributed by atoms with E-state index >= 15 is 0 Å². The third-order valence-electron chi connectivity index (χ3n) is 2.57. The van der Waals surface area contributed by atoms with E-state index in [0.29, 0.717) is 0 Å². The molecule has 0 amide bonds. The Morgan fingerprint density at radius 1 is 0.615 bits per heavy atom. The Kier molecular flexibility index (Phi) is 8.66. The molecule has 146 valence electrons. The van der Waals surface area contributed by atoms with Crippen molar-refractivity contribution in [3.05, 3.63) is 0 Å². The molecule has 0 aliphatic heterocycles. The van der Waals surface area contributed by atoms with Crippen LogP contribution >= 0.6 is 0 Å². The van der Waals surface area contributed by atoms with Crippen molar-refractivity contribution < 1.29 is 68.9 Å². The van der Waals surface area contributed by atoms with Crippen molar-refractivity contribution in [3.8, 4) is 0 Å². The third kappa shape index (κ3) is 7.54. The number of ether oxygens (including phenoxy) is 2. The lowest BCUT2D eigenvalue weighted by Gasteiger charge is -2.19. The van der Waals surface area contributed by atoms with Crippen LogP contribution in [-0.4, -0.2) is 90.9 Å². The minimum absolute atomic E-state index is 1.19. The zero-order chi connectivity index (χ0) is 20.6. The molecule has 0 radical (unpaired) electrons. The second-order valence-corrected chi connectivity index (χ2v) is 4.61. The Bertz CT molecular complexity index is 543. The molecule has 6 N–H and O–H groups in total. The fraction of sp³-hybridized carbons (Fsp3) is 0.500. The van der Waals surface area contributed by atoms with Gasteiger partial charge in [0.2, 0.25) is 12.2 Å². The van der Waals surface area contributed by atoms with E-state index in [1.54, 1.807) is 0 Å². The van der Waals surface area contributed by atoms with Gasteiger partial charge in [0.25, 0.3) is 0 Å². The van der Waals surface area contributed by atoms with Crippen molar-refractivity contribution in [2.45, 2.75) is 37.3 Å². The number of aliphatic hydroxyl groups is 2. The first-order valence-corrected chi connectivity index (χ1v) is 6.53. The van der Waals surface area contributed by atoms with Crippen LogP contribution in [0, 0.1) is 0 Å². The van der Waals surface area contributed by atoms with Gasteiger partial charge in [0.15, 0.2) is 12.2 Å². The predicted molar refractivity (Wildman–Crippen MR) is 71.6 cm³/mol. The topological polar surface area (TPSA) is 242 Å². The molecule has 0 fully saturated rings. The average molecular weight is 382 g/mol. The summed E-state index contributed by atoms with van der Waals surface area (Å²) in [5.74, 6) is -10.9. The molecule has 14 nitrogen and oxygen atoms in total. The highest BCUT2D eigenvalue weighted by Crippen LogP contribution is 2.08. The van der Waals surface area contributed by atoms with Crippen LogP contribution in [0.15, 0.2) is 0 Å². The molecule has 0 rings (SSSR count). The van der Waals surface area contributed by atoms with Gasteiger partial charge in [0.05, 0.1) is 12.8 Å². The molecule has 0 aliphatic carbocycles. The molecule has 4 unspecified atom stereocenters. The second-order valence-electron chi connectivity index (χ2n) is 4.61. The monoisotopic (exact) mass is 382 g/mol. The Labute approximate surface area is 143 Å². The number of carboxylic acid groups (broad SMARTS) is 4. The van der Waals surface area contributed by atoms with Crippen molar-refractivity contribution in [3.63, 3.8) is 0 Å². The van der Waals surface area contributed by atoms with Gasteiger partial charge < -0.3 is 40.1 Å².